The number of nitrogen functional groups attached to an aromatic ring is 1. The van der Waals surface area contributed by atoms with Gasteiger partial charge in [-0.2, -0.15) is 26.7 Å². The standard InChI is InChI=1S/C12H24N6OS/c1-6-9(7-20-5)18(4)11-14-10(17-13)15-12(16-11)19-8(2)3/h8-9H,6-7,13H2,1-5H3,(H,14,15,16,17). The number of nitrogens with zero attached hydrogens (tertiary/aromatic N) is 4. The van der Waals surface area contributed by atoms with Gasteiger partial charge in [0.1, 0.15) is 0 Å². The lowest BCUT2D eigenvalue weighted by Crippen LogP contribution is -2.35. The van der Waals surface area contributed by atoms with Gasteiger partial charge in [0.05, 0.1) is 6.10 Å². The van der Waals surface area contributed by atoms with E-state index in [9.17, 15) is 0 Å². The van der Waals surface area contributed by atoms with E-state index in [1.165, 1.54) is 0 Å². The van der Waals surface area contributed by atoms with Crippen LogP contribution in [-0.2, 0) is 0 Å². The molecule has 1 unspecified atom stereocenters. The van der Waals surface area contributed by atoms with Crippen molar-refractivity contribution in [3.8, 4) is 6.01 Å². The number of hydrogen-bond donors (Lipinski definition) is 2. The molecule has 0 saturated heterocycles. The van der Waals surface area contributed by atoms with Crippen LogP contribution in [-0.4, -0.2) is 46.2 Å². The van der Waals surface area contributed by atoms with Crippen LogP contribution in [0.5, 0.6) is 6.01 Å². The number of hydrazine groups is 1. The molecule has 0 aliphatic heterocycles. The van der Waals surface area contributed by atoms with Gasteiger partial charge in [0, 0.05) is 18.8 Å². The molecular weight excluding hydrogens is 276 g/mol. The molecule has 0 aromatic carbocycles. The largest absolute Gasteiger partial charge is 0.461 e. The van der Waals surface area contributed by atoms with E-state index in [0.717, 1.165) is 12.2 Å². The summed E-state index contributed by atoms with van der Waals surface area (Å²) in [5.74, 6) is 7.27. The molecule has 0 aliphatic carbocycles. The molecule has 8 heteroatoms. The Morgan fingerprint density at radius 1 is 1.35 bits per heavy atom. The Morgan fingerprint density at radius 2 is 2.05 bits per heavy atom. The van der Waals surface area contributed by atoms with Gasteiger partial charge in [0.2, 0.25) is 11.9 Å². The van der Waals surface area contributed by atoms with Gasteiger partial charge in [-0.3, -0.25) is 5.43 Å². The Balaban J connectivity index is 3.02. The van der Waals surface area contributed by atoms with Crippen molar-refractivity contribution in [1.29, 1.82) is 0 Å². The van der Waals surface area contributed by atoms with Crippen molar-refractivity contribution in [3.63, 3.8) is 0 Å². The van der Waals surface area contributed by atoms with Crippen molar-refractivity contribution in [1.82, 2.24) is 15.0 Å². The average Bonchev–Trinajstić information content (AvgIpc) is 2.42. The summed E-state index contributed by atoms with van der Waals surface area (Å²) >= 11 is 1.80. The van der Waals surface area contributed by atoms with E-state index in [-0.39, 0.29) is 12.1 Å². The second-order valence-corrected chi connectivity index (χ2v) is 5.59. The van der Waals surface area contributed by atoms with Crippen LogP contribution in [0.25, 0.3) is 0 Å². The quantitative estimate of drug-likeness (QED) is 0.552. The molecule has 1 heterocycles. The fourth-order valence-electron chi connectivity index (χ4n) is 1.69. The van der Waals surface area contributed by atoms with Crippen molar-refractivity contribution in [2.75, 3.05) is 29.4 Å². The number of hydrogen-bond acceptors (Lipinski definition) is 8. The van der Waals surface area contributed by atoms with Gasteiger partial charge in [-0.1, -0.05) is 6.92 Å². The van der Waals surface area contributed by atoms with Gasteiger partial charge in [-0.25, -0.2) is 5.84 Å². The van der Waals surface area contributed by atoms with E-state index < -0.39 is 0 Å². The molecule has 0 fully saturated rings. The summed E-state index contributed by atoms with van der Waals surface area (Å²) in [5, 5.41) is 0. The first-order valence-electron chi connectivity index (χ1n) is 6.62. The van der Waals surface area contributed by atoms with E-state index >= 15 is 0 Å². The second kappa shape index (κ2) is 8.11. The predicted molar refractivity (Wildman–Crippen MR) is 84.3 cm³/mol. The van der Waals surface area contributed by atoms with Crippen molar-refractivity contribution in [3.05, 3.63) is 0 Å². The first-order chi connectivity index (χ1) is 9.51. The van der Waals surface area contributed by atoms with Crippen molar-refractivity contribution >= 4 is 23.7 Å². The van der Waals surface area contributed by atoms with E-state index in [2.05, 4.69) is 33.6 Å². The Labute approximate surface area is 124 Å². The van der Waals surface area contributed by atoms with E-state index in [1.807, 2.05) is 25.8 Å². The predicted octanol–water partition coefficient (Wildman–Crippen LogP) is 1.52. The molecule has 3 N–H and O–H groups in total. The molecular formula is C12H24N6OS. The third-order valence-corrected chi connectivity index (χ3v) is 3.48. The lowest BCUT2D eigenvalue weighted by molar-refractivity contribution is 0.222. The highest BCUT2D eigenvalue weighted by molar-refractivity contribution is 7.98. The first-order valence-corrected chi connectivity index (χ1v) is 8.02. The maximum absolute atomic E-state index is 5.53. The summed E-state index contributed by atoms with van der Waals surface area (Å²) in [7, 11) is 1.97. The summed E-state index contributed by atoms with van der Waals surface area (Å²) < 4.78 is 5.53. The molecule has 0 saturated carbocycles. The second-order valence-electron chi connectivity index (χ2n) is 4.68. The van der Waals surface area contributed by atoms with Gasteiger partial charge in [-0.05, 0) is 26.5 Å². The van der Waals surface area contributed by atoms with Crippen LogP contribution in [0.2, 0.25) is 0 Å². The number of ether oxygens (including phenoxy) is 1. The average molecular weight is 300 g/mol. The Bertz CT molecular complexity index is 417. The summed E-state index contributed by atoms with van der Waals surface area (Å²) in [6.45, 7) is 5.99. The molecule has 114 valence electrons. The van der Waals surface area contributed by atoms with Gasteiger partial charge in [-0.15, -0.1) is 0 Å². The summed E-state index contributed by atoms with van der Waals surface area (Å²) in [5.41, 5.74) is 2.45. The van der Waals surface area contributed by atoms with E-state index in [1.54, 1.807) is 11.8 Å². The fraction of sp³-hybridized carbons (Fsp3) is 0.750. The molecule has 0 bridgehead atoms. The van der Waals surface area contributed by atoms with Crippen LogP contribution < -0.4 is 20.9 Å². The third kappa shape index (κ3) is 4.68. The maximum Gasteiger partial charge on any atom is 0.323 e. The molecule has 7 nitrogen and oxygen atoms in total. The van der Waals surface area contributed by atoms with E-state index in [0.29, 0.717) is 17.9 Å². The van der Waals surface area contributed by atoms with Gasteiger partial charge in [0.15, 0.2) is 0 Å². The maximum atomic E-state index is 5.53. The first kappa shape index (κ1) is 16.8. The molecule has 0 amide bonds. The van der Waals surface area contributed by atoms with Crippen LogP contribution in [0.3, 0.4) is 0 Å². The fourth-order valence-corrected chi connectivity index (χ4v) is 2.53. The molecule has 20 heavy (non-hydrogen) atoms. The Morgan fingerprint density at radius 3 is 2.55 bits per heavy atom. The van der Waals surface area contributed by atoms with Crippen molar-refractivity contribution in [2.24, 2.45) is 5.84 Å². The van der Waals surface area contributed by atoms with Gasteiger partial charge < -0.3 is 9.64 Å². The monoisotopic (exact) mass is 300 g/mol. The lowest BCUT2D eigenvalue weighted by Gasteiger charge is -2.27. The summed E-state index contributed by atoms with van der Waals surface area (Å²) in [6, 6.07) is 0.633. The number of nitrogens with two attached hydrogens (primary N) is 1. The number of anilines is 2. The Hall–Kier alpha value is -1.28. The van der Waals surface area contributed by atoms with Crippen molar-refractivity contribution < 1.29 is 4.74 Å². The number of rotatable bonds is 8. The van der Waals surface area contributed by atoms with Gasteiger partial charge in [0.25, 0.3) is 0 Å². The van der Waals surface area contributed by atoms with Crippen LogP contribution in [0, 0.1) is 0 Å². The van der Waals surface area contributed by atoms with E-state index in [4.69, 9.17) is 10.6 Å². The topological polar surface area (TPSA) is 89.2 Å². The highest BCUT2D eigenvalue weighted by Gasteiger charge is 2.18. The zero-order valence-corrected chi connectivity index (χ0v) is 13.6. The van der Waals surface area contributed by atoms with Crippen LogP contribution in [0.15, 0.2) is 0 Å². The minimum absolute atomic E-state index is 0.00523. The highest BCUT2D eigenvalue weighted by atomic mass is 32.2. The number of nitrogens with one attached hydrogen (secondary N) is 1. The minimum atomic E-state index is -0.00523. The number of thioether (sulfide) groups is 1. The molecule has 1 aromatic heterocycles. The highest BCUT2D eigenvalue weighted by Crippen LogP contribution is 2.19. The molecule has 0 spiro atoms. The smallest absolute Gasteiger partial charge is 0.323 e. The lowest BCUT2D eigenvalue weighted by atomic mass is 10.2. The number of aromatic nitrogens is 3. The van der Waals surface area contributed by atoms with Gasteiger partial charge >= 0.3 is 6.01 Å². The molecule has 1 rings (SSSR count). The van der Waals surface area contributed by atoms with Crippen LogP contribution >= 0.6 is 11.8 Å². The third-order valence-electron chi connectivity index (χ3n) is 2.77. The molecule has 0 radical (unpaired) electrons. The zero-order chi connectivity index (χ0) is 15.1. The van der Waals surface area contributed by atoms with Crippen LogP contribution in [0.4, 0.5) is 11.9 Å². The minimum Gasteiger partial charge on any atom is -0.461 e. The SMILES string of the molecule is CCC(CSC)N(C)c1nc(NN)nc(OC(C)C)n1. The molecule has 1 aromatic rings. The van der Waals surface area contributed by atoms with Crippen molar-refractivity contribution in [2.45, 2.75) is 39.3 Å². The Kier molecular flexibility index (Phi) is 6.80. The summed E-state index contributed by atoms with van der Waals surface area (Å²) in [6.07, 6.45) is 3.09. The molecule has 0 aliphatic rings. The van der Waals surface area contributed by atoms with Crippen LogP contribution in [0.1, 0.15) is 27.2 Å². The zero-order valence-electron chi connectivity index (χ0n) is 12.8. The normalized spacial score (nSPS) is 12.3. The summed E-state index contributed by atoms with van der Waals surface area (Å²) in [4.78, 5) is 14.8. The molecule has 1 atom stereocenters.